The first-order valence-corrected chi connectivity index (χ1v) is 5.06. The van der Waals surface area contributed by atoms with Gasteiger partial charge in [-0.15, -0.1) is 0 Å². The highest BCUT2D eigenvalue weighted by Gasteiger charge is 1.97. The molecule has 0 saturated heterocycles. The van der Waals surface area contributed by atoms with Crippen molar-refractivity contribution < 1.29 is 0 Å². The lowest BCUT2D eigenvalue weighted by atomic mass is 10.1. The van der Waals surface area contributed by atoms with Gasteiger partial charge in [-0.1, -0.05) is 30.3 Å². The smallest absolute Gasteiger partial charge is 0.0447 e. The first-order chi connectivity index (χ1) is 7.38. The monoisotopic (exact) mass is 198 g/mol. The first kappa shape index (κ1) is 9.87. The molecule has 0 aliphatic heterocycles. The van der Waals surface area contributed by atoms with E-state index < -0.39 is 0 Å². The minimum Gasteiger partial charge on any atom is -0.326 e. The summed E-state index contributed by atoms with van der Waals surface area (Å²) in [5.41, 5.74) is 9.12. The van der Waals surface area contributed by atoms with Crippen molar-refractivity contribution in [2.75, 3.05) is 0 Å². The molecule has 0 radical (unpaired) electrons. The number of aromatic nitrogens is 1. The fourth-order valence-electron chi connectivity index (χ4n) is 1.58. The maximum Gasteiger partial charge on any atom is 0.0447 e. The molecular weight excluding hydrogens is 184 g/mol. The molecular formula is C13H14N2. The summed E-state index contributed by atoms with van der Waals surface area (Å²) in [6.07, 6.45) is 2.69. The lowest BCUT2D eigenvalue weighted by Gasteiger charge is -2.03. The lowest BCUT2D eigenvalue weighted by Crippen LogP contribution is -1.98. The Morgan fingerprint density at radius 2 is 1.87 bits per heavy atom. The molecule has 0 atom stereocenters. The molecule has 1 heterocycles. The summed E-state index contributed by atoms with van der Waals surface area (Å²) in [6, 6.07) is 14.3. The Hall–Kier alpha value is -1.67. The standard InChI is InChI=1S/C13H14N2/c14-10-12-5-3-4-11(8-12)9-13-6-1-2-7-15-13/h1-8H,9-10,14H2. The van der Waals surface area contributed by atoms with Crippen molar-refractivity contribution in [2.24, 2.45) is 5.73 Å². The first-order valence-electron chi connectivity index (χ1n) is 5.06. The van der Waals surface area contributed by atoms with Crippen LogP contribution in [0, 0.1) is 0 Å². The van der Waals surface area contributed by atoms with E-state index in [4.69, 9.17) is 5.73 Å². The molecule has 76 valence electrons. The Morgan fingerprint density at radius 3 is 2.60 bits per heavy atom. The summed E-state index contributed by atoms with van der Waals surface area (Å²) in [7, 11) is 0. The van der Waals surface area contributed by atoms with Gasteiger partial charge in [0.25, 0.3) is 0 Å². The van der Waals surface area contributed by atoms with E-state index in [1.54, 1.807) is 0 Å². The molecule has 0 fully saturated rings. The van der Waals surface area contributed by atoms with Gasteiger partial charge in [0, 0.05) is 24.9 Å². The summed E-state index contributed by atoms with van der Waals surface area (Å²) in [5.74, 6) is 0. The highest BCUT2D eigenvalue weighted by atomic mass is 14.7. The third kappa shape index (κ3) is 2.64. The Kier molecular flexibility index (Phi) is 3.10. The van der Waals surface area contributed by atoms with Crippen molar-refractivity contribution in [3.8, 4) is 0 Å². The summed E-state index contributed by atoms with van der Waals surface area (Å²) in [4.78, 5) is 4.30. The van der Waals surface area contributed by atoms with Crippen LogP contribution in [-0.2, 0) is 13.0 Å². The van der Waals surface area contributed by atoms with E-state index in [0.29, 0.717) is 6.54 Å². The molecule has 2 aromatic rings. The molecule has 2 heteroatoms. The van der Waals surface area contributed by atoms with Crippen molar-refractivity contribution in [1.29, 1.82) is 0 Å². The SMILES string of the molecule is NCc1cccc(Cc2ccccn2)c1. The molecule has 0 saturated carbocycles. The van der Waals surface area contributed by atoms with Gasteiger partial charge in [0.05, 0.1) is 0 Å². The van der Waals surface area contributed by atoms with Crippen LogP contribution in [0.15, 0.2) is 48.7 Å². The molecule has 0 aliphatic rings. The van der Waals surface area contributed by atoms with Gasteiger partial charge in [-0.05, 0) is 23.3 Å². The van der Waals surface area contributed by atoms with Crippen LogP contribution in [0.3, 0.4) is 0 Å². The van der Waals surface area contributed by atoms with Crippen LogP contribution in [-0.4, -0.2) is 4.98 Å². The Morgan fingerprint density at radius 1 is 1.00 bits per heavy atom. The van der Waals surface area contributed by atoms with Gasteiger partial charge >= 0.3 is 0 Å². The Labute approximate surface area is 89.8 Å². The van der Waals surface area contributed by atoms with E-state index in [2.05, 4.69) is 17.1 Å². The van der Waals surface area contributed by atoms with Crippen LogP contribution >= 0.6 is 0 Å². The summed E-state index contributed by atoms with van der Waals surface area (Å²) < 4.78 is 0. The van der Waals surface area contributed by atoms with Gasteiger partial charge in [-0.25, -0.2) is 0 Å². The van der Waals surface area contributed by atoms with E-state index in [9.17, 15) is 0 Å². The van der Waals surface area contributed by atoms with Crippen LogP contribution in [0.2, 0.25) is 0 Å². The number of benzene rings is 1. The molecule has 0 aliphatic carbocycles. The van der Waals surface area contributed by atoms with E-state index >= 15 is 0 Å². The van der Waals surface area contributed by atoms with Crippen LogP contribution in [0.5, 0.6) is 0 Å². The van der Waals surface area contributed by atoms with Gasteiger partial charge in [0.15, 0.2) is 0 Å². The lowest BCUT2D eigenvalue weighted by molar-refractivity contribution is 1.03. The molecule has 0 unspecified atom stereocenters. The fraction of sp³-hybridized carbons (Fsp3) is 0.154. The van der Waals surface area contributed by atoms with Crippen molar-refractivity contribution in [3.63, 3.8) is 0 Å². The van der Waals surface area contributed by atoms with Crippen LogP contribution in [0.1, 0.15) is 16.8 Å². The van der Waals surface area contributed by atoms with Crippen molar-refractivity contribution in [2.45, 2.75) is 13.0 Å². The normalized spacial score (nSPS) is 10.2. The molecule has 2 nitrogen and oxygen atoms in total. The number of hydrogen-bond donors (Lipinski definition) is 1. The third-order valence-corrected chi connectivity index (χ3v) is 2.34. The minimum absolute atomic E-state index is 0.593. The van der Waals surface area contributed by atoms with Crippen LogP contribution < -0.4 is 5.73 Å². The maximum atomic E-state index is 5.60. The van der Waals surface area contributed by atoms with Gasteiger partial charge in [0.2, 0.25) is 0 Å². The molecule has 1 aromatic carbocycles. The number of rotatable bonds is 3. The second-order valence-corrected chi connectivity index (χ2v) is 3.52. The molecule has 0 amide bonds. The van der Waals surface area contributed by atoms with Gasteiger partial charge in [-0.3, -0.25) is 4.98 Å². The third-order valence-electron chi connectivity index (χ3n) is 2.34. The average Bonchev–Trinajstić information content (AvgIpc) is 2.31. The maximum absolute atomic E-state index is 5.60. The zero-order chi connectivity index (χ0) is 10.5. The molecule has 1 aromatic heterocycles. The highest BCUT2D eigenvalue weighted by molar-refractivity contribution is 5.26. The summed E-state index contributed by atoms with van der Waals surface area (Å²) in [5, 5.41) is 0. The highest BCUT2D eigenvalue weighted by Crippen LogP contribution is 2.09. The molecule has 2 N–H and O–H groups in total. The van der Waals surface area contributed by atoms with E-state index in [1.807, 2.05) is 36.5 Å². The molecule has 15 heavy (non-hydrogen) atoms. The van der Waals surface area contributed by atoms with Crippen molar-refractivity contribution >= 4 is 0 Å². The van der Waals surface area contributed by atoms with Crippen LogP contribution in [0.4, 0.5) is 0 Å². The van der Waals surface area contributed by atoms with Gasteiger partial charge in [0.1, 0.15) is 0 Å². The topological polar surface area (TPSA) is 38.9 Å². The van der Waals surface area contributed by atoms with E-state index in [0.717, 1.165) is 12.1 Å². The second kappa shape index (κ2) is 4.71. The van der Waals surface area contributed by atoms with Gasteiger partial charge in [-0.2, -0.15) is 0 Å². The molecule has 2 rings (SSSR count). The van der Waals surface area contributed by atoms with Crippen molar-refractivity contribution in [3.05, 3.63) is 65.5 Å². The average molecular weight is 198 g/mol. The van der Waals surface area contributed by atoms with Crippen LogP contribution in [0.25, 0.3) is 0 Å². The fourth-order valence-corrected chi connectivity index (χ4v) is 1.58. The second-order valence-electron chi connectivity index (χ2n) is 3.52. The number of pyridine rings is 1. The predicted octanol–water partition coefficient (Wildman–Crippen LogP) is 2.13. The van der Waals surface area contributed by atoms with Gasteiger partial charge < -0.3 is 5.73 Å². The predicted molar refractivity (Wildman–Crippen MR) is 61.4 cm³/mol. The zero-order valence-electron chi connectivity index (χ0n) is 8.56. The molecule has 0 spiro atoms. The van der Waals surface area contributed by atoms with E-state index in [1.165, 1.54) is 11.1 Å². The number of nitrogens with two attached hydrogens (primary N) is 1. The van der Waals surface area contributed by atoms with Crippen molar-refractivity contribution in [1.82, 2.24) is 4.98 Å². The number of nitrogens with zero attached hydrogens (tertiary/aromatic N) is 1. The quantitative estimate of drug-likeness (QED) is 0.820. The summed E-state index contributed by atoms with van der Waals surface area (Å²) in [6.45, 7) is 0.593. The minimum atomic E-state index is 0.593. The molecule has 0 bridgehead atoms. The summed E-state index contributed by atoms with van der Waals surface area (Å²) >= 11 is 0. The Balaban J connectivity index is 2.17. The number of hydrogen-bond acceptors (Lipinski definition) is 2. The Bertz CT molecular complexity index is 424. The largest absolute Gasteiger partial charge is 0.326 e. The van der Waals surface area contributed by atoms with E-state index in [-0.39, 0.29) is 0 Å². The zero-order valence-corrected chi connectivity index (χ0v) is 8.56.